The van der Waals surface area contributed by atoms with Crippen LogP contribution in [0.4, 0.5) is 0 Å². The molecule has 0 saturated heterocycles. The maximum atomic E-state index is 12.7. The van der Waals surface area contributed by atoms with Gasteiger partial charge in [0.05, 0.1) is 23.6 Å². The Morgan fingerprint density at radius 3 is 2.64 bits per heavy atom. The molecule has 5 nitrogen and oxygen atoms in total. The van der Waals surface area contributed by atoms with Crippen LogP contribution in [-0.2, 0) is 13.0 Å². The molecule has 4 rings (SSSR count). The smallest absolute Gasteiger partial charge is 0.251 e. The molecule has 1 amide bonds. The van der Waals surface area contributed by atoms with Crippen LogP contribution in [0.25, 0.3) is 11.0 Å². The minimum absolute atomic E-state index is 0.174. The monoisotopic (exact) mass is 459 g/mol. The van der Waals surface area contributed by atoms with Crippen molar-refractivity contribution in [1.29, 1.82) is 0 Å². The summed E-state index contributed by atoms with van der Waals surface area (Å²) >= 11 is 5.94. The molecular weight excluding hydrogens is 434 g/mol. The Hall–Kier alpha value is -3.57. The normalized spacial score (nSPS) is 11.8. The highest BCUT2D eigenvalue weighted by molar-refractivity contribution is 6.30. The van der Waals surface area contributed by atoms with E-state index in [0.717, 1.165) is 34.6 Å². The lowest BCUT2D eigenvalue weighted by Gasteiger charge is -2.17. The summed E-state index contributed by atoms with van der Waals surface area (Å²) in [4.78, 5) is 17.5. The summed E-state index contributed by atoms with van der Waals surface area (Å²) in [7, 11) is 0. The average molecular weight is 460 g/mol. The van der Waals surface area contributed by atoms with Crippen LogP contribution >= 0.6 is 11.6 Å². The van der Waals surface area contributed by atoms with Gasteiger partial charge in [-0.05, 0) is 61.4 Å². The van der Waals surface area contributed by atoms with E-state index in [1.54, 1.807) is 24.3 Å². The molecule has 1 heterocycles. The van der Waals surface area contributed by atoms with E-state index in [4.69, 9.17) is 21.3 Å². The first-order valence-corrected chi connectivity index (χ1v) is 11.3. The molecule has 168 valence electrons. The molecule has 0 aliphatic heterocycles. The largest absolute Gasteiger partial charge is 0.491 e. The fraction of sp³-hybridized carbons (Fsp3) is 0.185. The molecular formula is C27H26ClN3O2. The number of nitrogens with one attached hydrogen (secondary N) is 1. The number of para-hydroxylation sites is 3. The van der Waals surface area contributed by atoms with Gasteiger partial charge >= 0.3 is 0 Å². The lowest BCUT2D eigenvalue weighted by Crippen LogP contribution is -2.29. The number of allylic oxidation sites excluding steroid dienone is 1. The van der Waals surface area contributed by atoms with Crippen molar-refractivity contribution in [3.63, 3.8) is 0 Å². The second-order valence-electron chi connectivity index (χ2n) is 7.76. The number of carbonyl (C=O) groups excluding carboxylic acids is 1. The van der Waals surface area contributed by atoms with Crippen LogP contribution in [0.2, 0.25) is 5.02 Å². The van der Waals surface area contributed by atoms with Crippen molar-refractivity contribution in [2.75, 3.05) is 6.61 Å². The number of carbonyl (C=O) groups is 1. The van der Waals surface area contributed by atoms with Crippen LogP contribution in [0.3, 0.4) is 0 Å². The van der Waals surface area contributed by atoms with Crippen molar-refractivity contribution in [1.82, 2.24) is 14.9 Å². The molecule has 3 aromatic carbocycles. The number of amides is 1. The molecule has 4 aromatic rings. The lowest BCUT2D eigenvalue weighted by molar-refractivity contribution is 0.0937. The van der Waals surface area contributed by atoms with Gasteiger partial charge in [-0.2, -0.15) is 0 Å². The predicted molar refractivity (Wildman–Crippen MR) is 133 cm³/mol. The Balaban J connectivity index is 1.53. The van der Waals surface area contributed by atoms with Gasteiger partial charge in [-0.15, -0.1) is 6.58 Å². The van der Waals surface area contributed by atoms with Crippen molar-refractivity contribution >= 4 is 28.5 Å². The Morgan fingerprint density at radius 2 is 1.85 bits per heavy atom. The molecule has 0 bridgehead atoms. The molecule has 1 aromatic heterocycles. The summed E-state index contributed by atoms with van der Waals surface area (Å²) in [6.07, 6.45) is 2.62. The van der Waals surface area contributed by atoms with E-state index in [0.29, 0.717) is 23.7 Å². The van der Waals surface area contributed by atoms with Crippen molar-refractivity contribution < 1.29 is 9.53 Å². The highest BCUT2D eigenvalue weighted by atomic mass is 35.5. The van der Waals surface area contributed by atoms with Crippen LogP contribution in [0.1, 0.15) is 34.7 Å². The number of hydrogen-bond donors (Lipinski definition) is 1. The van der Waals surface area contributed by atoms with Crippen LogP contribution in [-0.4, -0.2) is 22.1 Å². The number of halogens is 1. The van der Waals surface area contributed by atoms with Gasteiger partial charge in [0.1, 0.15) is 18.2 Å². The van der Waals surface area contributed by atoms with Crippen LogP contribution in [0.5, 0.6) is 5.75 Å². The van der Waals surface area contributed by atoms with Gasteiger partial charge < -0.3 is 14.6 Å². The van der Waals surface area contributed by atoms with E-state index in [1.165, 1.54) is 0 Å². The number of hydrogen-bond acceptors (Lipinski definition) is 3. The number of ether oxygens (including phenoxy) is 1. The molecule has 1 atom stereocenters. The number of rotatable bonds is 9. The highest BCUT2D eigenvalue weighted by Gasteiger charge is 2.19. The summed E-state index contributed by atoms with van der Waals surface area (Å²) in [6, 6.07) is 22.5. The standard InChI is InChI=1S/C27H26ClN3O2/c1-3-8-20-9-4-7-12-25(20)33-18-17-31-24-11-6-5-10-23(24)30-26(31)19(2)29-27(32)21-13-15-22(28)16-14-21/h3-7,9-16,19H,1,8,17-18H2,2H3,(H,29,32). The fourth-order valence-corrected chi connectivity index (χ4v) is 3.95. The molecule has 0 fully saturated rings. The van der Waals surface area contributed by atoms with E-state index in [-0.39, 0.29) is 11.9 Å². The van der Waals surface area contributed by atoms with Crippen molar-refractivity contribution in [2.24, 2.45) is 0 Å². The number of aromatic nitrogens is 2. The van der Waals surface area contributed by atoms with E-state index in [9.17, 15) is 4.79 Å². The van der Waals surface area contributed by atoms with E-state index < -0.39 is 0 Å². The highest BCUT2D eigenvalue weighted by Crippen LogP contribution is 2.23. The second kappa shape index (κ2) is 10.4. The first-order valence-electron chi connectivity index (χ1n) is 10.9. The number of fused-ring (bicyclic) bond motifs is 1. The molecule has 0 radical (unpaired) electrons. The minimum Gasteiger partial charge on any atom is -0.491 e. The molecule has 0 aliphatic carbocycles. The number of nitrogens with zero attached hydrogens (tertiary/aromatic N) is 2. The van der Waals surface area contributed by atoms with Gasteiger partial charge in [-0.1, -0.05) is 48.0 Å². The first-order chi connectivity index (χ1) is 16.1. The fourth-order valence-electron chi connectivity index (χ4n) is 3.82. The lowest BCUT2D eigenvalue weighted by atomic mass is 10.1. The van der Waals surface area contributed by atoms with Crippen LogP contribution < -0.4 is 10.1 Å². The SMILES string of the molecule is C=CCc1ccccc1OCCn1c(C(C)NC(=O)c2ccc(Cl)cc2)nc2ccccc21. The van der Waals surface area contributed by atoms with E-state index in [1.807, 2.05) is 61.5 Å². The predicted octanol–water partition coefficient (Wildman–Crippen LogP) is 5.99. The van der Waals surface area contributed by atoms with Gasteiger partial charge in [-0.3, -0.25) is 4.79 Å². The summed E-state index contributed by atoms with van der Waals surface area (Å²) in [6.45, 7) is 6.83. The van der Waals surface area contributed by atoms with E-state index >= 15 is 0 Å². The summed E-state index contributed by atoms with van der Waals surface area (Å²) in [5.74, 6) is 1.46. The topological polar surface area (TPSA) is 56.1 Å². The van der Waals surface area contributed by atoms with Crippen molar-refractivity contribution in [2.45, 2.75) is 25.9 Å². The Morgan fingerprint density at radius 1 is 1.12 bits per heavy atom. The quantitative estimate of drug-likeness (QED) is 0.313. The van der Waals surface area contributed by atoms with Gasteiger partial charge in [0.2, 0.25) is 0 Å². The molecule has 1 unspecified atom stereocenters. The van der Waals surface area contributed by atoms with Gasteiger partial charge in [0.15, 0.2) is 0 Å². The number of imidazole rings is 1. The van der Waals surface area contributed by atoms with Gasteiger partial charge in [-0.25, -0.2) is 4.98 Å². The second-order valence-corrected chi connectivity index (χ2v) is 8.20. The Bertz CT molecular complexity index is 1260. The van der Waals surface area contributed by atoms with Crippen LogP contribution in [0, 0.1) is 0 Å². The summed E-state index contributed by atoms with van der Waals surface area (Å²) < 4.78 is 8.22. The van der Waals surface area contributed by atoms with Gasteiger partial charge in [0, 0.05) is 10.6 Å². The maximum absolute atomic E-state index is 12.7. The minimum atomic E-state index is -0.298. The number of benzene rings is 3. The van der Waals surface area contributed by atoms with Crippen molar-refractivity contribution in [3.8, 4) is 5.75 Å². The first kappa shape index (κ1) is 22.6. The molecule has 6 heteroatoms. The third-order valence-corrected chi connectivity index (χ3v) is 5.69. The van der Waals surface area contributed by atoms with Gasteiger partial charge in [0.25, 0.3) is 5.91 Å². The zero-order valence-corrected chi connectivity index (χ0v) is 19.3. The molecule has 0 saturated carbocycles. The Labute approximate surface area is 198 Å². The van der Waals surface area contributed by atoms with E-state index in [2.05, 4.69) is 16.5 Å². The molecule has 0 spiro atoms. The molecule has 33 heavy (non-hydrogen) atoms. The average Bonchev–Trinajstić information content (AvgIpc) is 3.19. The Kier molecular flexibility index (Phi) is 7.10. The zero-order valence-electron chi connectivity index (χ0n) is 18.5. The molecule has 0 aliphatic rings. The van der Waals surface area contributed by atoms with Crippen molar-refractivity contribution in [3.05, 3.63) is 107 Å². The zero-order chi connectivity index (χ0) is 23.2. The third kappa shape index (κ3) is 5.26. The van der Waals surface area contributed by atoms with Crippen LogP contribution in [0.15, 0.2) is 85.5 Å². The maximum Gasteiger partial charge on any atom is 0.251 e. The molecule has 1 N–H and O–H groups in total. The third-order valence-electron chi connectivity index (χ3n) is 5.43. The summed E-state index contributed by atoms with van der Waals surface area (Å²) in [5.41, 5.74) is 3.54. The summed E-state index contributed by atoms with van der Waals surface area (Å²) in [5, 5.41) is 3.64.